The highest BCUT2D eigenvalue weighted by Crippen LogP contribution is 2.19. The van der Waals surface area contributed by atoms with Gasteiger partial charge in [-0.1, -0.05) is 191 Å². The van der Waals surface area contributed by atoms with E-state index in [2.05, 4.69) is 67.8 Å². The number of carboxylic acids is 1. The molecule has 0 aliphatic heterocycles. The zero-order valence-electron chi connectivity index (χ0n) is 36.0. The van der Waals surface area contributed by atoms with Crippen LogP contribution in [0.4, 0.5) is 0 Å². The Labute approximate surface area is 339 Å². The molecule has 6 heteroatoms. The standard InChI is InChI=1S/C49H87NO5/c1-3-5-7-9-11-13-15-17-19-20-21-23-25-27-29-31-36-40-44-49(54)55-46(42-38-34-32-35-39-43-47(51)50-45-48(52)53)41-37-33-30-28-26-24-22-18-16-14-12-10-8-6-4-2/h6,8,12,14,18,22,26,28,46H,3-5,7,9-11,13,15-17,19-21,23-25,27,29-45H2,1-2H3,(H,50,51)(H,52,53)/b8-6-,14-12-,22-18-,28-26-. The topological polar surface area (TPSA) is 92.7 Å². The minimum Gasteiger partial charge on any atom is -0.480 e. The van der Waals surface area contributed by atoms with Gasteiger partial charge in [0, 0.05) is 12.8 Å². The second-order valence-electron chi connectivity index (χ2n) is 15.6. The first-order chi connectivity index (χ1) is 27.0. The minimum absolute atomic E-state index is 0.0118. The number of unbranched alkanes of at least 4 members (excludes halogenated alkanes) is 23. The average molecular weight is 770 g/mol. The van der Waals surface area contributed by atoms with E-state index in [0.29, 0.717) is 12.8 Å². The first kappa shape index (κ1) is 52.4. The molecule has 0 radical (unpaired) electrons. The molecule has 0 fully saturated rings. The predicted molar refractivity (Wildman–Crippen MR) is 235 cm³/mol. The maximum atomic E-state index is 12.8. The lowest BCUT2D eigenvalue weighted by molar-refractivity contribution is -0.150. The lowest BCUT2D eigenvalue weighted by atomic mass is 10.0. The summed E-state index contributed by atoms with van der Waals surface area (Å²) in [7, 11) is 0. The molecule has 0 aromatic rings. The average Bonchev–Trinajstić information content (AvgIpc) is 3.17. The number of nitrogens with one attached hydrogen (secondary N) is 1. The molecule has 0 saturated carbocycles. The number of amides is 1. The maximum Gasteiger partial charge on any atom is 0.322 e. The number of hydrogen-bond donors (Lipinski definition) is 2. The number of aliphatic carboxylic acids is 1. The van der Waals surface area contributed by atoms with Gasteiger partial charge in [-0.2, -0.15) is 0 Å². The van der Waals surface area contributed by atoms with Crippen LogP contribution in [0.1, 0.15) is 232 Å². The van der Waals surface area contributed by atoms with Gasteiger partial charge in [0.05, 0.1) is 0 Å². The fourth-order valence-corrected chi connectivity index (χ4v) is 6.86. The summed E-state index contributed by atoms with van der Waals surface area (Å²) in [5.41, 5.74) is 0. The highest BCUT2D eigenvalue weighted by molar-refractivity contribution is 5.80. The van der Waals surface area contributed by atoms with Crippen molar-refractivity contribution in [1.29, 1.82) is 0 Å². The van der Waals surface area contributed by atoms with Gasteiger partial charge in [0.1, 0.15) is 12.6 Å². The van der Waals surface area contributed by atoms with E-state index in [-0.39, 0.29) is 24.5 Å². The van der Waals surface area contributed by atoms with E-state index in [1.165, 1.54) is 103 Å². The van der Waals surface area contributed by atoms with Gasteiger partial charge in [0.15, 0.2) is 0 Å². The molecule has 0 spiro atoms. The molecule has 55 heavy (non-hydrogen) atoms. The number of esters is 1. The van der Waals surface area contributed by atoms with Crippen LogP contribution in [-0.4, -0.2) is 35.6 Å². The Hall–Kier alpha value is -2.63. The Morgan fingerprint density at radius 1 is 0.491 bits per heavy atom. The van der Waals surface area contributed by atoms with E-state index in [1.54, 1.807) is 0 Å². The highest BCUT2D eigenvalue weighted by Gasteiger charge is 2.14. The number of carboxylic acid groups (broad SMARTS) is 1. The fraction of sp³-hybridized carbons (Fsp3) is 0.776. The maximum absolute atomic E-state index is 12.8. The van der Waals surface area contributed by atoms with Gasteiger partial charge in [-0.25, -0.2) is 0 Å². The van der Waals surface area contributed by atoms with Crippen LogP contribution in [0.2, 0.25) is 0 Å². The SMILES string of the molecule is CC/C=C\C/C=C\C/C=C\C/C=C\CCCCC(CCCCCCCC(=O)NCC(=O)O)OC(=O)CCCCCCCCCCCCCCCCCCCC. The molecular weight excluding hydrogens is 683 g/mol. The molecule has 1 amide bonds. The summed E-state index contributed by atoms with van der Waals surface area (Å²) in [6.45, 7) is 4.12. The fourth-order valence-electron chi connectivity index (χ4n) is 6.86. The summed E-state index contributed by atoms with van der Waals surface area (Å²) >= 11 is 0. The van der Waals surface area contributed by atoms with Crippen molar-refractivity contribution < 1.29 is 24.2 Å². The van der Waals surface area contributed by atoms with E-state index in [4.69, 9.17) is 9.84 Å². The Kier molecular flexibility index (Phi) is 42.0. The molecule has 0 rings (SSSR count). The molecule has 1 unspecified atom stereocenters. The van der Waals surface area contributed by atoms with E-state index >= 15 is 0 Å². The van der Waals surface area contributed by atoms with Gasteiger partial charge in [-0.3, -0.25) is 14.4 Å². The van der Waals surface area contributed by atoms with Crippen molar-refractivity contribution in [3.05, 3.63) is 48.6 Å². The smallest absolute Gasteiger partial charge is 0.322 e. The van der Waals surface area contributed by atoms with Crippen molar-refractivity contribution in [1.82, 2.24) is 5.32 Å². The number of rotatable bonds is 42. The summed E-state index contributed by atoms with van der Waals surface area (Å²) in [6.07, 6.45) is 56.7. The third-order valence-corrected chi connectivity index (χ3v) is 10.3. The molecule has 0 aliphatic carbocycles. The van der Waals surface area contributed by atoms with Crippen LogP contribution in [0, 0.1) is 0 Å². The molecule has 0 aliphatic rings. The van der Waals surface area contributed by atoms with Crippen molar-refractivity contribution in [2.45, 2.75) is 238 Å². The monoisotopic (exact) mass is 770 g/mol. The van der Waals surface area contributed by atoms with Crippen molar-refractivity contribution in [3.63, 3.8) is 0 Å². The number of carbonyl (C=O) groups is 3. The van der Waals surface area contributed by atoms with Crippen LogP contribution in [0.15, 0.2) is 48.6 Å². The molecule has 318 valence electrons. The third kappa shape index (κ3) is 44.0. The molecule has 2 N–H and O–H groups in total. The third-order valence-electron chi connectivity index (χ3n) is 10.3. The summed E-state index contributed by atoms with van der Waals surface area (Å²) in [6, 6.07) is 0. The zero-order chi connectivity index (χ0) is 40.1. The summed E-state index contributed by atoms with van der Waals surface area (Å²) < 4.78 is 6.03. The lowest BCUT2D eigenvalue weighted by Crippen LogP contribution is -2.28. The van der Waals surface area contributed by atoms with Crippen LogP contribution in [0.25, 0.3) is 0 Å². The molecule has 0 aromatic carbocycles. The van der Waals surface area contributed by atoms with Crippen molar-refractivity contribution in [3.8, 4) is 0 Å². The second kappa shape index (κ2) is 44.1. The van der Waals surface area contributed by atoms with Crippen LogP contribution in [0.5, 0.6) is 0 Å². The van der Waals surface area contributed by atoms with Gasteiger partial charge in [-0.05, 0) is 77.0 Å². The molecule has 0 aromatic heterocycles. The predicted octanol–water partition coefficient (Wildman–Crippen LogP) is 14.6. The second-order valence-corrected chi connectivity index (χ2v) is 15.6. The lowest BCUT2D eigenvalue weighted by Gasteiger charge is -2.18. The van der Waals surface area contributed by atoms with Gasteiger partial charge in [0.2, 0.25) is 5.91 Å². The molecule has 1 atom stereocenters. The van der Waals surface area contributed by atoms with Crippen LogP contribution in [-0.2, 0) is 19.1 Å². The largest absolute Gasteiger partial charge is 0.480 e. The number of ether oxygens (including phenoxy) is 1. The summed E-state index contributed by atoms with van der Waals surface area (Å²) in [4.78, 5) is 35.1. The van der Waals surface area contributed by atoms with Crippen LogP contribution in [0.3, 0.4) is 0 Å². The van der Waals surface area contributed by atoms with Crippen molar-refractivity contribution in [2.24, 2.45) is 0 Å². The molecule has 0 heterocycles. The van der Waals surface area contributed by atoms with Crippen LogP contribution < -0.4 is 5.32 Å². The van der Waals surface area contributed by atoms with Gasteiger partial charge < -0.3 is 15.2 Å². The normalized spacial score (nSPS) is 12.5. The number of allylic oxidation sites excluding steroid dienone is 8. The van der Waals surface area contributed by atoms with E-state index < -0.39 is 5.97 Å². The number of carbonyl (C=O) groups excluding carboxylic acids is 2. The number of hydrogen-bond acceptors (Lipinski definition) is 4. The van der Waals surface area contributed by atoms with Crippen molar-refractivity contribution >= 4 is 17.8 Å². The summed E-state index contributed by atoms with van der Waals surface area (Å²) in [5, 5.41) is 11.1. The molecule has 6 nitrogen and oxygen atoms in total. The first-order valence-electron chi connectivity index (χ1n) is 23.3. The van der Waals surface area contributed by atoms with Crippen LogP contribution >= 0.6 is 0 Å². The highest BCUT2D eigenvalue weighted by atomic mass is 16.5. The molecule has 0 bridgehead atoms. The Balaban J connectivity index is 4.20. The Morgan fingerprint density at radius 2 is 0.891 bits per heavy atom. The molecular formula is C49H87NO5. The Bertz CT molecular complexity index is 984. The van der Waals surface area contributed by atoms with E-state index in [9.17, 15) is 14.4 Å². The minimum atomic E-state index is -1.02. The van der Waals surface area contributed by atoms with Crippen molar-refractivity contribution in [2.75, 3.05) is 6.54 Å². The van der Waals surface area contributed by atoms with Gasteiger partial charge in [-0.15, -0.1) is 0 Å². The van der Waals surface area contributed by atoms with E-state index in [1.807, 2.05) is 0 Å². The zero-order valence-corrected chi connectivity index (χ0v) is 36.0. The van der Waals surface area contributed by atoms with Gasteiger partial charge >= 0.3 is 11.9 Å². The molecule has 0 saturated heterocycles. The quantitative estimate of drug-likeness (QED) is 0.0366. The van der Waals surface area contributed by atoms with Gasteiger partial charge in [0.25, 0.3) is 0 Å². The Morgan fingerprint density at radius 3 is 1.36 bits per heavy atom. The van der Waals surface area contributed by atoms with E-state index in [0.717, 1.165) is 103 Å². The first-order valence-corrected chi connectivity index (χ1v) is 23.3. The summed E-state index contributed by atoms with van der Waals surface area (Å²) in [5.74, 6) is -1.25.